The molecule has 0 amide bonds. The second-order valence-corrected chi connectivity index (χ2v) is 22.1. The quantitative estimate of drug-likeness (QED) is 0.0606. The van der Waals surface area contributed by atoms with E-state index in [-0.39, 0.29) is 12.8 Å². The highest BCUT2D eigenvalue weighted by molar-refractivity contribution is 5.01. The fourth-order valence-electron chi connectivity index (χ4n) is 11.1. The molecule has 8 saturated heterocycles. The van der Waals surface area contributed by atoms with Crippen LogP contribution in [0.25, 0.3) is 0 Å². The molecule has 0 saturated carbocycles. The SMILES string of the molecule is C[C@@H]1OC(O)[C@H](O)[C@H](O)[C@H]1O[C@H]1O[C@H](CO)[C@@H](O)[C@H](O[C@@H]2O[C@@H](C)[C@H](O)C[C@H]2O)[C@@H]1O[C@H]1O[C@H](CO)[C@H](O)[C@H](O[C@@H]2O[C@@H](C)[C@H](O[C@H]3O[C@H](CO)[C@@H](O)[C@H](O[C@@H]4O[C@@H](C)[C@H](O)C[C@H]4O)[C@@H]3O[C@H]3O[C@H](CO)[C@H](O)[C@H](O)[C@H]3O)[C@@H](O)[C@H]2O)[C@H]1O. The summed E-state index contributed by atoms with van der Waals surface area (Å²) in [5.74, 6) is 0. The van der Waals surface area contributed by atoms with E-state index in [0.29, 0.717) is 0 Å². The van der Waals surface area contributed by atoms with Crippen LogP contribution in [-0.2, 0) is 71.1 Å². The second kappa shape index (κ2) is 28.6. The van der Waals surface area contributed by atoms with E-state index in [1.54, 1.807) is 0 Å². The van der Waals surface area contributed by atoms with Crippen LogP contribution in [0.4, 0.5) is 0 Å². The molecule has 8 heterocycles. The van der Waals surface area contributed by atoms with Gasteiger partial charge >= 0.3 is 0 Å². The van der Waals surface area contributed by atoms with E-state index < -0.39 is 260 Å². The van der Waals surface area contributed by atoms with Gasteiger partial charge in [-0.05, 0) is 27.7 Å². The maximum absolute atomic E-state index is 12.0. The zero-order valence-corrected chi connectivity index (χ0v) is 45.2. The molecule has 0 radical (unpaired) electrons. The molecule has 8 fully saturated rings. The summed E-state index contributed by atoms with van der Waals surface area (Å²) in [7, 11) is 0. The fourth-order valence-corrected chi connectivity index (χ4v) is 11.1. The molecule has 0 spiro atoms. The van der Waals surface area contributed by atoms with Crippen molar-refractivity contribution in [3.05, 3.63) is 0 Å². The maximum Gasteiger partial charge on any atom is 0.187 e. The number of hydrogen-bond donors (Lipinski definition) is 20. The van der Waals surface area contributed by atoms with Gasteiger partial charge in [-0.1, -0.05) is 0 Å². The number of aliphatic hydroxyl groups is 20. The Labute approximate surface area is 472 Å². The normalized spacial score (nSPS) is 54.8. The van der Waals surface area contributed by atoms with Crippen molar-refractivity contribution in [1.29, 1.82) is 0 Å². The molecule has 35 heteroatoms. The lowest BCUT2D eigenvalue weighted by molar-refractivity contribution is -0.412. The molecule has 1 unspecified atom stereocenters. The minimum absolute atomic E-state index is 0.279. The predicted octanol–water partition coefficient (Wildman–Crippen LogP) is -12.3. The van der Waals surface area contributed by atoms with Gasteiger partial charge in [-0.2, -0.15) is 0 Å². The van der Waals surface area contributed by atoms with Crippen LogP contribution in [0.2, 0.25) is 0 Å². The summed E-state index contributed by atoms with van der Waals surface area (Å²) in [6.45, 7) is 1.68. The topological polar surface area (TPSA) is 543 Å². The van der Waals surface area contributed by atoms with Gasteiger partial charge < -0.3 is 173 Å². The monoisotopic (exact) mass is 1220 g/mol. The number of aliphatic hydroxyl groups excluding tert-OH is 20. The van der Waals surface area contributed by atoms with E-state index in [4.69, 9.17) is 71.1 Å². The van der Waals surface area contributed by atoms with Crippen molar-refractivity contribution < 1.29 is 173 Å². The third-order valence-electron chi connectivity index (χ3n) is 16.3. The van der Waals surface area contributed by atoms with Crippen LogP contribution >= 0.6 is 0 Å². The van der Waals surface area contributed by atoms with Gasteiger partial charge in [0.15, 0.2) is 50.3 Å². The van der Waals surface area contributed by atoms with Crippen LogP contribution in [-0.4, -0.2) is 362 Å². The van der Waals surface area contributed by atoms with Crippen molar-refractivity contribution in [1.82, 2.24) is 0 Å². The average Bonchev–Trinajstić information content (AvgIpc) is 2.83. The highest BCUT2D eigenvalue weighted by Gasteiger charge is 2.59. The Hall–Kier alpha value is -1.40. The first-order chi connectivity index (χ1) is 39.2. The van der Waals surface area contributed by atoms with Crippen molar-refractivity contribution in [3.63, 3.8) is 0 Å². The van der Waals surface area contributed by atoms with Gasteiger partial charge in [0.2, 0.25) is 0 Å². The first-order valence-electron chi connectivity index (χ1n) is 27.4. The van der Waals surface area contributed by atoms with Crippen molar-refractivity contribution in [2.24, 2.45) is 0 Å². The lowest BCUT2D eigenvalue weighted by atomic mass is 9.95. The third-order valence-corrected chi connectivity index (χ3v) is 16.3. The Morgan fingerprint density at radius 3 is 1.01 bits per heavy atom. The molecule has 83 heavy (non-hydrogen) atoms. The van der Waals surface area contributed by atoms with Gasteiger partial charge in [0.1, 0.15) is 146 Å². The maximum atomic E-state index is 12.0. The summed E-state index contributed by atoms with van der Waals surface area (Å²) in [6.07, 6.45) is -67.7. The standard InChI is InChI=1S/C48H82O35/c1-11-15(53)5-17(55)42(70-11)80-37-25(59)21(9-51)75-47(39(37)82-45-31(65)27(61)23(57)19(7-49)73-45)78-35-14(4)72-44(32(66)29(35)63)79-36-24(58)20(8-50)74-46(33(36)67)83-40-38(81-43-18(56)6-16(54)12(2)71-43)26(60)22(10-52)76-48(40)77-34-13(3)69-41(68)30(64)28(34)62/h11-68H,5-10H2,1-4H3/t11-,12-,13-,14-,15+,16+,17+,18+,19+,20+,21+,22+,23-,24-,25+,26+,27-,28-,29-,30+,31+,32+,33+,34-,35-,36-,37-,38-,39-,40-,41?,42-,43-,44-,45+,46+,47+,48+/m0/s1. The molecule has 0 aliphatic carbocycles. The van der Waals surface area contributed by atoms with Crippen LogP contribution in [0.15, 0.2) is 0 Å². The second-order valence-electron chi connectivity index (χ2n) is 22.1. The summed E-state index contributed by atoms with van der Waals surface area (Å²) in [5.41, 5.74) is 0. The van der Waals surface area contributed by atoms with Gasteiger partial charge in [0, 0.05) is 12.8 Å². The molecule has 38 atom stereocenters. The zero-order chi connectivity index (χ0) is 60.8. The number of ether oxygens (including phenoxy) is 15. The van der Waals surface area contributed by atoms with E-state index in [1.807, 2.05) is 0 Å². The van der Waals surface area contributed by atoms with E-state index in [2.05, 4.69) is 0 Å². The van der Waals surface area contributed by atoms with Crippen LogP contribution in [0.1, 0.15) is 40.5 Å². The van der Waals surface area contributed by atoms with E-state index in [0.717, 1.165) is 0 Å². The molecule has 8 aliphatic heterocycles. The molecule has 0 aromatic rings. The van der Waals surface area contributed by atoms with E-state index in [9.17, 15) is 102 Å². The molecule has 484 valence electrons. The molecule has 8 rings (SSSR count). The van der Waals surface area contributed by atoms with Gasteiger partial charge in [-0.3, -0.25) is 0 Å². The van der Waals surface area contributed by atoms with Crippen LogP contribution < -0.4 is 0 Å². The number of rotatable bonds is 18. The molecule has 20 N–H and O–H groups in total. The summed E-state index contributed by atoms with van der Waals surface area (Å²) in [4.78, 5) is 0. The summed E-state index contributed by atoms with van der Waals surface area (Å²) >= 11 is 0. The summed E-state index contributed by atoms with van der Waals surface area (Å²) in [5, 5.41) is 218. The van der Waals surface area contributed by atoms with Crippen LogP contribution in [0.5, 0.6) is 0 Å². The van der Waals surface area contributed by atoms with Gasteiger partial charge in [-0.15, -0.1) is 0 Å². The first kappa shape index (κ1) is 67.5. The van der Waals surface area contributed by atoms with Gasteiger partial charge in [0.05, 0.1) is 63.1 Å². The Bertz CT molecular complexity index is 1990. The Balaban J connectivity index is 1.04. The predicted molar refractivity (Wildman–Crippen MR) is 256 cm³/mol. The molecule has 35 nitrogen and oxygen atoms in total. The largest absolute Gasteiger partial charge is 0.394 e. The third kappa shape index (κ3) is 14.3. The molecular weight excluding hydrogens is 1140 g/mol. The van der Waals surface area contributed by atoms with Crippen LogP contribution in [0, 0.1) is 0 Å². The zero-order valence-electron chi connectivity index (χ0n) is 45.2. The molecule has 0 aromatic carbocycles. The minimum atomic E-state index is -2.25. The fraction of sp³-hybridized carbons (Fsp3) is 1.00. The Kier molecular flexibility index (Phi) is 23.3. The molecule has 0 bridgehead atoms. The molecule has 8 aliphatic rings. The van der Waals surface area contributed by atoms with Crippen molar-refractivity contribution >= 4 is 0 Å². The highest BCUT2D eigenvalue weighted by atomic mass is 16.8. The Morgan fingerprint density at radius 1 is 0.253 bits per heavy atom. The van der Waals surface area contributed by atoms with Crippen LogP contribution in [0.3, 0.4) is 0 Å². The van der Waals surface area contributed by atoms with Crippen molar-refractivity contribution in [2.75, 3.05) is 26.4 Å². The van der Waals surface area contributed by atoms with Crippen molar-refractivity contribution in [2.45, 2.75) is 274 Å². The average molecular weight is 1220 g/mol. The lowest BCUT2D eigenvalue weighted by Gasteiger charge is -2.51. The smallest absolute Gasteiger partial charge is 0.187 e. The minimum Gasteiger partial charge on any atom is -0.394 e. The van der Waals surface area contributed by atoms with Gasteiger partial charge in [0.25, 0.3) is 0 Å². The van der Waals surface area contributed by atoms with Gasteiger partial charge in [-0.25, -0.2) is 0 Å². The summed E-state index contributed by atoms with van der Waals surface area (Å²) in [6, 6.07) is 0. The van der Waals surface area contributed by atoms with E-state index >= 15 is 0 Å². The van der Waals surface area contributed by atoms with E-state index in [1.165, 1.54) is 27.7 Å². The first-order valence-corrected chi connectivity index (χ1v) is 27.4. The van der Waals surface area contributed by atoms with Crippen molar-refractivity contribution in [3.8, 4) is 0 Å². The lowest BCUT2D eigenvalue weighted by Crippen LogP contribution is -2.69. The number of hydrogen-bond acceptors (Lipinski definition) is 35. The summed E-state index contributed by atoms with van der Waals surface area (Å²) < 4.78 is 88.4. The molecule has 0 aromatic heterocycles. The Morgan fingerprint density at radius 2 is 0.566 bits per heavy atom. The molecular formula is C48H82O35. The highest BCUT2D eigenvalue weighted by Crippen LogP contribution is 2.40.